The number of sulfone groups is 1. The second-order valence-electron chi connectivity index (χ2n) is 5.28. The molecule has 0 spiro atoms. The monoisotopic (exact) mass is 272 g/mol. The maximum atomic E-state index is 11.4. The van der Waals surface area contributed by atoms with Crippen LogP contribution in [0.25, 0.3) is 0 Å². The van der Waals surface area contributed by atoms with Gasteiger partial charge in [-0.05, 0) is 18.9 Å². The van der Waals surface area contributed by atoms with Gasteiger partial charge in [0.1, 0.15) is 5.76 Å². The summed E-state index contributed by atoms with van der Waals surface area (Å²) in [5.41, 5.74) is 0. The zero-order valence-corrected chi connectivity index (χ0v) is 11.7. The molecule has 6 heteroatoms. The normalized spacial score (nSPS) is 22.7. The third-order valence-electron chi connectivity index (χ3n) is 3.04. The molecular weight excluding hydrogens is 252 g/mol. The van der Waals surface area contributed by atoms with Gasteiger partial charge in [-0.3, -0.25) is 0 Å². The Morgan fingerprint density at radius 2 is 2.33 bits per heavy atom. The third kappa shape index (κ3) is 3.55. The standard InChI is InChI=1S/C12H20N2O3S/c1-9(2)5-13-7-12-14-6-11(17-12)10-3-4-18(15,16)8-10/h6,9-10,13H,3-5,7-8H2,1-2H3. The summed E-state index contributed by atoms with van der Waals surface area (Å²) in [6.45, 7) is 5.78. The molecule has 0 bridgehead atoms. The first kappa shape index (κ1) is 13.5. The topological polar surface area (TPSA) is 72.2 Å². The van der Waals surface area contributed by atoms with E-state index in [0.29, 0.717) is 30.5 Å². The number of hydrogen-bond donors (Lipinski definition) is 1. The molecule has 1 N–H and O–H groups in total. The highest BCUT2D eigenvalue weighted by Crippen LogP contribution is 2.29. The maximum absolute atomic E-state index is 11.4. The first-order valence-electron chi connectivity index (χ1n) is 6.32. The van der Waals surface area contributed by atoms with Gasteiger partial charge in [0.25, 0.3) is 0 Å². The predicted molar refractivity (Wildman–Crippen MR) is 69.1 cm³/mol. The second-order valence-corrected chi connectivity index (χ2v) is 7.51. The van der Waals surface area contributed by atoms with Gasteiger partial charge in [0.05, 0.1) is 24.2 Å². The Balaban J connectivity index is 1.90. The molecule has 2 rings (SSSR count). The van der Waals surface area contributed by atoms with Crippen molar-refractivity contribution < 1.29 is 12.8 Å². The highest BCUT2D eigenvalue weighted by Gasteiger charge is 2.31. The highest BCUT2D eigenvalue weighted by atomic mass is 32.2. The lowest BCUT2D eigenvalue weighted by molar-refractivity contribution is 0.410. The fraction of sp³-hybridized carbons (Fsp3) is 0.750. The lowest BCUT2D eigenvalue weighted by Gasteiger charge is -2.05. The molecular formula is C12H20N2O3S. The first-order chi connectivity index (χ1) is 8.46. The van der Waals surface area contributed by atoms with Crippen LogP contribution in [0, 0.1) is 5.92 Å². The lowest BCUT2D eigenvalue weighted by Crippen LogP contribution is -2.19. The van der Waals surface area contributed by atoms with Crippen molar-refractivity contribution in [1.29, 1.82) is 0 Å². The Labute approximate surface area is 108 Å². The fourth-order valence-corrected chi connectivity index (χ4v) is 3.84. The van der Waals surface area contributed by atoms with Gasteiger partial charge in [0.15, 0.2) is 9.84 Å². The van der Waals surface area contributed by atoms with Gasteiger partial charge in [-0.1, -0.05) is 13.8 Å². The Hall–Kier alpha value is -0.880. The molecule has 1 aliphatic heterocycles. The molecule has 1 aromatic rings. The molecule has 0 radical (unpaired) electrons. The van der Waals surface area contributed by atoms with Gasteiger partial charge in [-0.15, -0.1) is 0 Å². The predicted octanol–water partition coefficient (Wildman–Crippen LogP) is 1.32. The van der Waals surface area contributed by atoms with E-state index in [4.69, 9.17) is 4.42 Å². The van der Waals surface area contributed by atoms with Crippen LogP contribution in [0.4, 0.5) is 0 Å². The molecule has 1 saturated heterocycles. The summed E-state index contributed by atoms with van der Waals surface area (Å²) < 4.78 is 28.4. The maximum Gasteiger partial charge on any atom is 0.208 e. The molecule has 1 atom stereocenters. The van der Waals surface area contributed by atoms with Crippen molar-refractivity contribution in [2.24, 2.45) is 5.92 Å². The zero-order valence-electron chi connectivity index (χ0n) is 10.8. The molecule has 0 saturated carbocycles. The van der Waals surface area contributed by atoms with E-state index in [0.717, 1.165) is 6.54 Å². The Kier molecular flexibility index (Phi) is 4.07. The minimum absolute atomic E-state index is 0.0126. The molecule has 18 heavy (non-hydrogen) atoms. The number of rotatable bonds is 5. The summed E-state index contributed by atoms with van der Waals surface area (Å²) in [6.07, 6.45) is 2.31. The fourth-order valence-electron chi connectivity index (χ4n) is 2.08. The molecule has 1 aromatic heterocycles. The van der Waals surface area contributed by atoms with Crippen LogP contribution in [0.3, 0.4) is 0 Å². The minimum atomic E-state index is -2.87. The van der Waals surface area contributed by atoms with Crippen LogP contribution in [0.15, 0.2) is 10.6 Å². The smallest absolute Gasteiger partial charge is 0.208 e. The van der Waals surface area contributed by atoms with Crippen LogP contribution >= 0.6 is 0 Å². The number of hydrogen-bond acceptors (Lipinski definition) is 5. The van der Waals surface area contributed by atoms with Crippen molar-refractivity contribution in [3.63, 3.8) is 0 Å². The van der Waals surface area contributed by atoms with Gasteiger partial charge in [0.2, 0.25) is 5.89 Å². The van der Waals surface area contributed by atoms with Crippen molar-refractivity contribution in [2.75, 3.05) is 18.1 Å². The summed E-state index contributed by atoms with van der Waals surface area (Å²) in [6, 6.07) is 0. The number of nitrogens with zero attached hydrogens (tertiary/aromatic N) is 1. The average molecular weight is 272 g/mol. The average Bonchev–Trinajstić information content (AvgIpc) is 2.84. The van der Waals surface area contributed by atoms with Crippen LogP contribution in [-0.4, -0.2) is 31.5 Å². The molecule has 0 aromatic carbocycles. The van der Waals surface area contributed by atoms with Crippen molar-refractivity contribution in [3.8, 4) is 0 Å². The molecule has 1 aliphatic rings. The van der Waals surface area contributed by atoms with E-state index in [1.807, 2.05) is 0 Å². The van der Waals surface area contributed by atoms with E-state index in [1.165, 1.54) is 0 Å². The molecule has 0 amide bonds. The van der Waals surface area contributed by atoms with Crippen LogP contribution < -0.4 is 5.32 Å². The van der Waals surface area contributed by atoms with Crippen molar-refractivity contribution in [3.05, 3.63) is 17.8 Å². The first-order valence-corrected chi connectivity index (χ1v) is 8.14. The number of nitrogens with one attached hydrogen (secondary N) is 1. The highest BCUT2D eigenvalue weighted by molar-refractivity contribution is 7.91. The van der Waals surface area contributed by atoms with Gasteiger partial charge in [-0.25, -0.2) is 13.4 Å². The lowest BCUT2D eigenvalue weighted by atomic mass is 10.1. The van der Waals surface area contributed by atoms with E-state index in [2.05, 4.69) is 24.1 Å². The van der Waals surface area contributed by atoms with Crippen LogP contribution in [0.1, 0.15) is 37.8 Å². The molecule has 5 nitrogen and oxygen atoms in total. The van der Waals surface area contributed by atoms with E-state index < -0.39 is 9.84 Å². The van der Waals surface area contributed by atoms with E-state index >= 15 is 0 Å². The van der Waals surface area contributed by atoms with Crippen LogP contribution in [-0.2, 0) is 16.4 Å². The molecule has 0 aliphatic carbocycles. The largest absolute Gasteiger partial charge is 0.444 e. The van der Waals surface area contributed by atoms with Gasteiger partial charge < -0.3 is 9.73 Å². The SMILES string of the molecule is CC(C)CNCc1ncc(C2CCS(=O)(=O)C2)o1. The summed E-state index contributed by atoms with van der Waals surface area (Å²) in [4.78, 5) is 4.18. The van der Waals surface area contributed by atoms with Crippen molar-refractivity contribution >= 4 is 9.84 Å². The van der Waals surface area contributed by atoms with Crippen LogP contribution in [0.5, 0.6) is 0 Å². The minimum Gasteiger partial charge on any atom is -0.444 e. The van der Waals surface area contributed by atoms with E-state index in [-0.39, 0.29) is 17.4 Å². The Morgan fingerprint density at radius 1 is 1.56 bits per heavy atom. The second kappa shape index (κ2) is 5.40. The van der Waals surface area contributed by atoms with Gasteiger partial charge >= 0.3 is 0 Å². The van der Waals surface area contributed by atoms with Gasteiger partial charge in [0, 0.05) is 5.92 Å². The van der Waals surface area contributed by atoms with E-state index in [9.17, 15) is 8.42 Å². The third-order valence-corrected chi connectivity index (χ3v) is 4.80. The summed E-state index contributed by atoms with van der Waals surface area (Å²) in [5, 5.41) is 3.25. The van der Waals surface area contributed by atoms with Crippen molar-refractivity contribution in [2.45, 2.75) is 32.7 Å². The Morgan fingerprint density at radius 3 is 2.94 bits per heavy atom. The summed E-state index contributed by atoms with van der Waals surface area (Å²) in [7, 11) is -2.87. The molecule has 1 unspecified atom stereocenters. The molecule has 1 fully saturated rings. The van der Waals surface area contributed by atoms with E-state index in [1.54, 1.807) is 6.20 Å². The molecule has 102 valence electrons. The summed E-state index contributed by atoms with van der Waals surface area (Å²) >= 11 is 0. The zero-order chi connectivity index (χ0) is 13.2. The number of oxazole rings is 1. The number of aromatic nitrogens is 1. The molecule has 2 heterocycles. The summed E-state index contributed by atoms with van der Waals surface area (Å²) in [5.74, 6) is 2.37. The Bertz CT molecular complexity index is 493. The quantitative estimate of drug-likeness (QED) is 0.875. The van der Waals surface area contributed by atoms with Gasteiger partial charge in [-0.2, -0.15) is 0 Å². The van der Waals surface area contributed by atoms with Crippen LogP contribution in [0.2, 0.25) is 0 Å². The van der Waals surface area contributed by atoms with Crippen molar-refractivity contribution in [1.82, 2.24) is 10.3 Å².